The molecule has 8 heteroatoms. The Kier molecular flexibility index (Phi) is 17.9. The van der Waals surface area contributed by atoms with Gasteiger partial charge in [-0.15, -0.1) is 0 Å². The minimum atomic E-state index is -0.158. The molecule has 4 atom stereocenters. The lowest BCUT2D eigenvalue weighted by molar-refractivity contribution is -0.124. The van der Waals surface area contributed by atoms with E-state index < -0.39 is 0 Å². The number of rotatable bonds is 24. The number of aromatic amines is 1. The quantitative estimate of drug-likeness (QED) is 0.0915. The van der Waals surface area contributed by atoms with Gasteiger partial charge < -0.3 is 21.4 Å². The Morgan fingerprint density at radius 1 is 0.826 bits per heavy atom. The normalized spacial score (nSPS) is 14.3. The predicted octanol–water partition coefficient (Wildman–Crippen LogP) is 7.04. The van der Waals surface area contributed by atoms with Gasteiger partial charge in [-0.3, -0.25) is 19.2 Å². The van der Waals surface area contributed by atoms with Crippen molar-refractivity contribution in [2.75, 3.05) is 6.54 Å². The second kappa shape index (κ2) is 21.0. The zero-order chi connectivity index (χ0) is 34.1. The zero-order valence-corrected chi connectivity index (χ0v) is 29.5. The molecule has 0 saturated carbocycles. The fourth-order valence-corrected chi connectivity index (χ4v) is 6.51. The average molecular weight is 639 g/mol. The van der Waals surface area contributed by atoms with Crippen LogP contribution >= 0.6 is 0 Å². The van der Waals surface area contributed by atoms with Crippen molar-refractivity contribution in [1.82, 2.24) is 15.6 Å². The first-order valence-electron chi connectivity index (χ1n) is 17.8. The summed E-state index contributed by atoms with van der Waals surface area (Å²) in [7, 11) is 0. The molecular formula is C38H62N4O4. The Hall–Kier alpha value is -3.00. The summed E-state index contributed by atoms with van der Waals surface area (Å²) in [5.74, 6) is 1.53. The number of ketones is 2. The molecule has 0 radical (unpaired) electrons. The minimum Gasteiger partial charge on any atom is -0.361 e. The number of para-hydroxylation sites is 1. The van der Waals surface area contributed by atoms with Gasteiger partial charge in [0.2, 0.25) is 11.8 Å². The SMILES string of the molecule is CC[C@@H](CC(=O)CC[C@H](Cc1c[nH]c2ccccc12)NC(=O)CC[C@H](CCCCN)CC(=O)CC[C@@H](NC(C)=O)C(C)C)C(C)C. The lowest BCUT2D eigenvalue weighted by Crippen LogP contribution is -2.37. The Balaban J connectivity index is 2.04. The van der Waals surface area contributed by atoms with Crippen LogP contribution in [0.4, 0.5) is 0 Å². The number of hydrogen-bond donors (Lipinski definition) is 4. The molecule has 0 fully saturated rings. The molecular weight excluding hydrogens is 576 g/mol. The molecule has 2 amide bonds. The van der Waals surface area contributed by atoms with Gasteiger partial charge >= 0.3 is 0 Å². The molecule has 5 N–H and O–H groups in total. The number of hydrogen-bond acceptors (Lipinski definition) is 5. The van der Waals surface area contributed by atoms with E-state index in [0.717, 1.165) is 42.1 Å². The summed E-state index contributed by atoms with van der Waals surface area (Å²) >= 11 is 0. The van der Waals surface area contributed by atoms with E-state index in [9.17, 15) is 19.2 Å². The molecule has 1 aromatic carbocycles. The van der Waals surface area contributed by atoms with Gasteiger partial charge in [-0.05, 0) is 80.4 Å². The lowest BCUT2D eigenvalue weighted by atomic mass is 9.87. The van der Waals surface area contributed by atoms with Crippen molar-refractivity contribution >= 4 is 34.3 Å². The number of amides is 2. The van der Waals surface area contributed by atoms with Gasteiger partial charge in [0.15, 0.2) is 0 Å². The fourth-order valence-electron chi connectivity index (χ4n) is 6.51. The zero-order valence-electron chi connectivity index (χ0n) is 29.5. The molecule has 0 saturated heterocycles. The smallest absolute Gasteiger partial charge is 0.220 e. The highest BCUT2D eigenvalue weighted by atomic mass is 16.2. The topological polar surface area (TPSA) is 134 Å². The summed E-state index contributed by atoms with van der Waals surface area (Å²) in [6.45, 7) is 12.7. The van der Waals surface area contributed by atoms with E-state index in [2.05, 4.69) is 56.3 Å². The molecule has 1 aromatic heterocycles. The molecule has 0 aliphatic rings. The highest BCUT2D eigenvalue weighted by Gasteiger charge is 2.22. The molecule has 0 aliphatic heterocycles. The van der Waals surface area contributed by atoms with Gasteiger partial charge in [0.1, 0.15) is 11.6 Å². The molecule has 2 rings (SSSR count). The molecule has 258 valence electrons. The molecule has 2 aromatic rings. The van der Waals surface area contributed by atoms with Crippen molar-refractivity contribution in [3.63, 3.8) is 0 Å². The maximum atomic E-state index is 13.4. The lowest BCUT2D eigenvalue weighted by Gasteiger charge is -2.23. The van der Waals surface area contributed by atoms with Crippen molar-refractivity contribution in [2.24, 2.45) is 29.4 Å². The second-order valence-corrected chi connectivity index (χ2v) is 14.0. The van der Waals surface area contributed by atoms with E-state index >= 15 is 0 Å². The number of nitrogens with two attached hydrogens (primary N) is 1. The van der Waals surface area contributed by atoms with Gasteiger partial charge in [-0.1, -0.05) is 65.7 Å². The Bertz CT molecular complexity index is 1220. The van der Waals surface area contributed by atoms with E-state index in [4.69, 9.17) is 5.73 Å². The van der Waals surface area contributed by atoms with Crippen molar-refractivity contribution in [3.8, 4) is 0 Å². The number of benzene rings is 1. The average Bonchev–Trinajstić information content (AvgIpc) is 3.41. The van der Waals surface area contributed by atoms with Crippen LogP contribution in [-0.2, 0) is 25.6 Å². The number of Topliss-reactive ketones (excluding diaryl/α,β-unsaturated/α-hetero) is 2. The van der Waals surface area contributed by atoms with Crippen LogP contribution in [-0.4, -0.2) is 47.0 Å². The molecule has 46 heavy (non-hydrogen) atoms. The highest BCUT2D eigenvalue weighted by Crippen LogP contribution is 2.24. The van der Waals surface area contributed by atoms with Crippen LogP contribution in [0, 0.1) is 23.7 Å². The van der Waals surface area contributed by atoms with Gasteiger partial charge in [0.25, 0.3) is 0 Å². The Morgan fingerprint density at radius 2 is 1.52 bits per heavy atom. The Morgan fingerprint density at radius 3 is 2.17 bits per heavy atom. The monoisotopic (exact) mass is 638 g/mol. The van der Waals surface area contributed by atoms with E-state index in [-0.39, 0.29) is 47.3 Å². The number of nitrogens with one attached hydrogen (secondary N) is 3. The van der Waals surface area contributed by atoms with Gasteiger partial charge in [0.05, 0.1) is 0 Å². The maximum absolute atomic E-state index is 13.4. The Labute approximate surface area is 277 Å². The highest BCUT2D eigenvalue weighted by molar-refractivity contribution is 5.83. The van der Waals surface area contributed by atoms with Crippen LogP contribution in [0.15, 0.2) is 30.5 Å². The number of fused-ring (bicyclic) bond motifs is 1. The number of unbranched alkanes of at least 4 members (excludes halogenated alkanes) is 1. The summed E-state index contributed by atoms with van der Waals surface area (Å²) in [5, 5.41) is 7.36. The van der Waals surface area contributed by atoms with E-state index in [1.165, 1.54) is 6.92 Å². The van der Waals surface area contributed by atoms with Crippen LogP contribution in [0.5, 0.6) is 0 Å². The largest absolute Gasteiger partial charge is 0.361 e. The molecule has 0 bridgehead atoms. The van der Waals surface area contributed by atoms with E-state index in [1.54, 1.807) is 0 Å². The fraction of sp³-hybridized carbons (Fsp3) is 0.684. The molecule has 0 aliphatic carbocycles. The van der Waals surface area contributed by atoms with Gasteiger partial charge in [-0.25, -0.2) is 0 Å². The number of carbonyl (C=O) groups excluding carboxylic acids is 4. The third-order valence-electron chi connectivity index (χ3n) is 9.53. The van der Waals surface area contributed by atoms with Crippen molar-refractivity contribution in [3.05, 3.63) is 36.0 Å². The summed E-state index contributed by atoms with van der Waals surface area (Å²) in [4.78, 5) is 54.3. The molecule has 8 nitrogen and oxygen atoms in total. The van der Waals surface area contributed by atoms with Crippen molar-refractivity contribution in [2.45, 2.75) is 137 Å². The second-order valence-electron chi connectivity index (χ2n) is 14.0. The molecule has 0 spiro atoms. The third kappa shape index (κ3) is 14.6. The van der Waals surface area contributed by atoms with Crippen molar-refractivity contribution in [1.29, 1.82) is 0 Å². The number of aromatic nitrogens is 1. The predicted molar refractivity (Wildman–Crippen MR) is 188 cm³/mol. The number of carbonyl (C=O) groups is 4. The first kappa shape index (κ1) is 39.2. The molecule has 0 unspecified atom stereocenters. The summed E-state index contributed by atoms with van der Waals surface area (Å²) in [6, 6.07) is 7.96. The standard InChI is InChI=1S/C38H62N4O4/c1-7-30(26(2)3)24-34(45)17-16-32(23-31-25-40-37-14-9-8-13-35(31)37)42-38(46)20-15-29(12-10-11-21-39)22-33(44)18-19-36(27(4)5)41-28(6)43/h8-9,13-14,25-27,29-30,32,36,40H,7,10-12,15-24,39H2,1-6H3,(H,41,43)(H,42,46)/t29-,30-,32+,36+/m0/s1. The van der Waals surface area contributed by atoms with Crippen LogP contribution in [0.3, 0.4) is 0 Å². The minimum absolute atomic E-state index is 0.0258. The molecule has 1 heterocycles. The van der Waals surface area contributed by atoms with Crippen LogP contribution in [0.1, 0.15) is 124 Å². The summed E-state index contributed by atoms with van der Waals surface area (Å²) < 4.78 is 0. The van der Waals surface area contributed by atoms with Crippen LogP contribution in [0.25, 0.3) is 10.9 Å². The third-order valence-corrected chi connectivity index (χ3v) is 9.53. The van der Waals surface area contributed by atoms with E-state index in [0.29, 0.717) is 76.2 Å². The maximum Gasteiger partial charge on any atom is 0.220 e. The van der Waals surface area contributed by atoms with Crippen LogP contribution in [0.2, 0.25) is 0 Å². The number of H-pyrrole nitrogens is 1. The van der Waals surface area contributed by atoms with Gasteiger partial charge in [0, 0.05) is 68.2 Å². The van der Waals surface area contributed by atoms with Gasteiger partial charge in [-0.2, -0.15) is 0 Å². The summed E-state index contributed by atoms with van der Waals surface area (Å²) in [5.41, 5.74) is 7.93. The van der Waals surface area contributed by atoms with E-state index in [1.807, 2.05) is 24.4 Å². The first-order valence-corrected chi connectivity index (χ1v) is 17.8. The summed E-state index contributed by atoms with van der Waals surface area (Å²) in [6.07, 6.45) is 10.4. The van der Waals surface area contributed by atoms with Crippen LogP contribution < -0.4 is 16.4 Å². The first-order chi connectivity index (χ1) is 21.9. The van der Waals surface area contributed by atoms with Crippen molar-refractivity contribution < 1.29 is 19.2 Å².